The van der Waals surface area contributed by atoms with Crippen molar-refractivity contribution < 1.29 is 22.7 Å². The van der Waals surface area contributed by atoms with Crippen LogP contribution in [0.4, 0.5) is 0 Å². The molecule has 1 saturated heterocycles. The maximum Gasteiger partial charge on any atom is 0.328 e. The number of nitrogens with one attached hydrogen (secondary N) is 2. The van der Waals surface area contributed by atoms with Crippen molar-refractivity contribution in [3.63, 3.8) is 0 Å². The van der Waals surface area contributed by atoms with Gasteiger partial charge in [-0.2, -0.15) is 0 Å². The van der Waals surface area contributed by atoms with Gasteiger partial charge in [-0.25, -0.2) is 13.2 Å². The van der Waals surface area contributed by atoms with Crippen LogP contribution < -0.4 is 10.6 Å². The monoisotopic (exact) mass is 320 g/mol. The second kappa shape index (κ2) is 7.74. The van der Waals surface area contributed by atoms with Crippen molar-refractivity contribution in [2.24, 2.45) is 5.92 Å². The predicted octanol–water partition coefficient (Wildman–Crippen LogP) is -0.533. The molecule has 0 spiro atoms. The molecule has 21 heavy (non-hydrogen) atoms. The largest absolute Gasteiger partial charge is 0.467 e. The van der Waals surface area contributed by atoms with E-state index in [2.05, 4.69) is 10.6 Å². The zero-order valence-corrected chi connectivity index (χ0v) is 13.5. The molecule has 0 aromatic rings. The highest BCUT2D eigenvalue weighted by molar-refractivity contribution is 7.91. The Morgan fingerprint density at radius 3 is 2.62 bits per heavy atom. The average molecular weight is 320 g/mol. The fourth-order valence-electron chi connectivity index (χ4n) is 2.25. The minimum absolute atomic E-state index is 0.0309. The van der Waals surface area contributed by atoms with E-state index in [0.29, 0.717) is 6.54 Å². The van der Waals surface area contributed by atoms with E-state index in [4.69, 9.17) is 4.74 Å². The van der Waals surface area contributed by atoms with Gasteiger partial charge in [-0.05, 0) is 5.92 Å². The Kier molecular flexibility index (Phi) is 6.60. The maximum atomic E-state index is 12.0. The number of amides is 1. The van der Waals surface area contributed by atoms with Crippen LogP contribution in [0.2, 0.25) is 0 Å². The van der Waals surface area contributed by atoms with Crippen molar-refractivity contribution in [3.05, 3.63) is 0 Å². The fraction of sp³-hybridized carbons (Fsp3) is 0.846. The Bertz CT molecular complexity index is 477. The van der Waals surface area contributed by atoms with Crippen LogP contribution in [-0.2, 0) is 24.2 Å². The average Bonchev–Trinajstić information content (AvgIpc) is 2.42. The number of carbonyl (C=O) groups excluding carboxylic acids is 2. The van der Waals surface area contributed by atoms with Crippen LogP contribution in [0, 0.1) is 5.92 Å². The third-order valence-electron chi connectivity index (χ3n) is 3.72. The van der Waals surface area contributed by atoms with Crippen LogP contribution >= 0.6 is 0 Å². The van der Waals surface area contributed by atoms with Gasteiger partial charge in [0.25, 0.3) is 0 Å². The Hall–Kier alpha value is -1.15. The Morgan fingerprint density at radius 2 is 2.10 bits per heavy atom. The molecule has 1 amide bonds. The summed E-state index contributed by atoms with van der Waals surface area (Å²) in [7, 11) is -1.81. The Labute approximate surface area is 125 Å². The van der Waals surface area contributed by atoms with Gasteiger partial charge < -0.3 is 15.4 Å². The number of rotatable bonds is 6. The summed E-state index contributed by atoms with van der Waals surface area (Å²) in [6.45, 7) is 4.12. The van der Waals surface area contributed by atoms with Gasteiger partial charge in [0.2, 0.25) is 5.91 Å². The molecule has 1 aliphatic rings. The van der Waals surface area contributed by atoms with Gasteiger partial charge in [0.05, 0.1) is 18.6 Å². The topological polar surface area (TPSA) is 102 Å². The number of hydrogen-bond donors (Lipinski definition) is 2. The number of esters is 1. The summed E-state index contributed by atoms with van der Waals surface area (Å²) in [5.74, 6) is -0.832. The summed E-state index contributed by atoms with van der Waals surface area (Å²) in [5, 5.41) is 5.65. The first-order valence-corrected chi connectivity index (χ1v) is 8.92. The van der Waals surface area contributed by atoms with Gasteiger partial charge in [0.15, 0.2) is 9.84 Å². The number of carbonyl (C=O) groups is 2. The molecule has 2 N–H and O–H groups in total. The lowest BCUT2D eigenvalue weighted by molar-refractivity contribution is -0.146. The first-order valence-electron chi connectivity index (χ1n) is 7.10. The minimum Gasteiger partial charge on any atom is -0.467 e. The number of ether oxygens (including phenoxy) is 1. The van der Waals surface area contributed by atoms with E-state index in [0.717, 1.165) is 6.42 Å². The molecule has 0 bridgehead atoms. The molecule has 1 heterocycles. The molecular weight excluding hydrogens is 296 g/mol. The predicted molar refractivity (Wildman–Crippen MR) is 78.5 cm³/mol. The zero-order chi connectivity index (χ0) is 16.0. The summed E-state index contributed by atoms with van der Waals surface area (Å²) in [5.41, 5.74) is 0. The Morgan fingerprint density at radius 1 is 1.43 bits per heavy atom. The van der Waals surface area contributed by atoms with E-state index in [9.17, 15) is 18.0 Å². The second-order valence-corrected chi connectivity index (χ2v) is 7.65. The molecule has 8 heteroatoms. The number of hydrogen-bond acceptors (Lipinski definition) is 6. The van der Waals surface area contributed by atoms with Gasteiger partial charge in [-0.3, -0.25) is 4.79 Å². The van der Waals surface area contributed by atoms with E-state index in [1.807, 2.05) is 13.8 Å². The van der Waals surface area contributed by atoms with Crippen molar-refractivity contribution in [2.45, 2.75) is 38.8 Å². The molecule has 3 atom stereocenters. The highest BCUT2D eigenvalue weighted by Crippen LogP contribution is 2.11. The molecule has 3 unspecified atom stereocenters. The van der Waals surface area contributed by atoms with Crippen molar-refractivity contribution in [1.29, 1.82) is 0 Å². The third-order valence-corrected chi connectivity index (χ3v) is 5.45. The quantitative estimate of drug-likeness (QED) is 0.638. The molecule has 0 aromatic heterocycles. The zero-order valence-electron chi connectivity index (χ0n) is 12.7. The van der Waals surface area contributed by atoms with Crippen LogP contribution in [0.3, 0.4) is 0 Å². The standard InChI is InChI=1S/C13H24N2O5S/c1-4-9(2)12(13(17)20-3)15-11(16)7-10-8-21(18,19)6-5-14-10/h9-10,12,14H,4-8H2,1-3H3,(H,15,16). The molecule has 1 aliphatic heterocycles. The van der Waals surface area contributed by atoms with E-state index in [1.165, 1.54) is 7.11 Å². The van der Waals surface area contributed by atoms with Gasteiger partial charge in [0.1, 0.15) is 6.04 Å². The number of sulfone groups is 1. The molecule has 122 valence electrons. The molecule has 0 aromatic carbocycles. The first kappa shape index (κ1) is 17.9. The lowest BCUT2D eigenvalue weighted by Gasteiger charge is -2.25. The summed E-state index contributed by atoms with van der Waals surface area (Å²) < 4.78 is 27.8. The van der Waals surface area contributed by atoms with Gasteiger partial charge in [-0.1, -0.05) is 20.3 Å². The van der Waals surface area contributed by atoms with E-state index in [-0.39, 0.29) is 29.8 Å². The molecule has 1 rings (SSSR count). The van der Waals surface area contributed by atoms with Crippen LogP contribution in [0.1, 0.15) is 26.7 Å². The second-order valence-electron chi connectivity index (χ2n) is 5.42. The summed E-state index contributed by atoms with van der Waals surface area (Å²) in [6.07, 6.45) is 0.749. The van der Waals surface area contributed by atoms with Crippen LogP contribution in [0.15, 0.2) is 0 Å². The number of methoxy groups -OCH3 is 1. The molecule has 7 nitrogen and oxygen atoms in total. The van der Waals surface area contributed by atoms with Crippen molar-refractivity contribution in [1.82, 2.24) is 10.6 Å². The molecule has 1 fully saturated rings. The maximum absolute atomic E-state index is 12.0. The molecular formula is C13H24N2O5S. The summed E-state index contributed by atoms with van der Waals surface area (Å²) in [6, 6.07) is -1.10. The molecule has 0 radical (unpaired) electrons. The first-order chi connectivity index (χ1) is 9.79. The highest BCUT2D eigenvalue weighted by Gasteiger charge is 2.30. The molecule has 0 aliphatic carbocycles. The van der Waals surface area contributed by atoms with Crippen LogP contribution in [0.5, 0.6) is 0 Å². The van der Waals surface area contributed by atoms with E-state index >= 15 is 0 Å². The lowest BCUT2D eigenvalue weighted by atomic mass is 9.99. The third kappa shape index (κ3) is 5.62. The van der Waals surface area contributed by atoms with E-state index < -0.39 is 27.9 Å². The van der Waals surface area contributed by atoms with E-state index in [1.54, 1.807) is 0 Å². The van der Waals surface area contributed by atoms with Crippen molar-refractivity contribution >= 4 is 21.7 Å². The summed E-state index contributed by atoms with van der Waals surface area (Å²) in [4.78, 5) is 23.7. The lowest BCUT2D eigenvalue weighted by Crippen LogP contribution is -2.50. The van der Waals surface area contributed by atoms with Crippen molar-refractivity contribution in [3.8, 4) is 0 Å². The Balaban J connectivity index is 2.59. The van der Waals surface area contributed by atoms with Gasteiger partial charge in [-0.15, -0.1) is 0 Å². The molecule has 0 saturated carbocycles. The van der Waals surface area contributed by atoms with Crippen molar-refractivity contribution in [2.75, 3.05) is 25.2 Å². The van der Waals surface area contributed by atoms with Gasteiger partial charge >= 0.3 is 5.97 Å². The van der Waals surface area contributed by atoms with Crippen LogP contribution in [0.25, 0.3) is 0 Å². The normalized spacial score (nSPS) is 23.9. The smallest absolute Gasteiger partial charge is 0.328 e. The fourth-order valence-corrected chi connectivity index (χ4v) is 3.70. The van der Waals surface area contributed by atoms with Gasteiger partial charge in [0, 0.05) is 19.0 Å². The highest BCUT2D eigenvalue weighted by atomic mass is 32.2. The summed E-state index contributed by atoms with van der Waals surface area (Å²) >= 11 is 0. The van der Waals surface area contributed by atoms with Crippen LogP contribution in [-0.4, -0.2) is 57.5 Å². The minimum atomic E-state index is -3.08. The SMILES string of the molecule is CCC(C)C(NC(=O)CC1CS(=O)(=O)CCN1)C(=O)OC.